The number of nitrogens with zero attached hydrogens (tertiary/aromatic N) is 1. The Morgan fingerprint density at radius 3 is 2.39 bits per heavy atom. The molecule has 1 saturated heterocycles. The van der Waals surface area contributed by atoms with Gasteiger partial charge in [0.25, 0.3) is 11.8 Å². The molecule has 0 saturated carbocycles. The fraction of sp³-hybridized carbons (Fsp3) is 0.600. The first-order valence-electron chi connectivity index (χ1n) is 10.3. The van der Waals surface area contributed by atoms with E-state index in [1.165, 1.54) is 7.11 Å². The van der Waals surface area contributed by atoms with Gasteiger partial charge in [-0.3, -0.25) is 24.0 Å². The Kier molecular flexibility index (Phi) is 8.65. The molecule has 1 aliphatic rings. The first kappa shape index (κ1) is 25.9. The smallest absolute Gasteiger partial charge is 0.287 e. The summed E-state index contributed by atoms with van der Waals surface area (Å²) >= 11 is 0. The van der Waals surface area contributed by atoms with Crippen LogP contribution in [0.2, 0.25) is 0 Å². The highest BCUT2D eigenvalue weighted by molar-refractivity contribution is 5.99. The van der Waals surface area contributed by atoms with Gasteiger partial charge < -0.3 is 35.7 Å². The molecule has 182 valence electrons. The van der Waals surface area contributed by atoms with Gasteiger partial charge in [0.15, 0.2) is 11.5 Å². The van der Waals surface area contributed by atoms with Gasteiger partial charge in [0.1, 0.15) is 11.6 Å². The second-order valence-corrected chi connectivity index (χ2v) is 8.27. The van der Waals surface area contributed by atoms with Crippen molar-refractivity contribution >= 4 is 29.4 Å². The first-order chi connectivity index (χ1) is 15.5. The number of rotatable bonds is 13. The lowest BCUT2D eigenvalue weighted by atomic mass is 9.93. The molecule has 0 unspecified atom stereocenters. The molecule has 0 radical (unpaired) electrons. The predicted molar refractivity (Wildman–Crippen MR) is 112 cm³/mol. The van der Waals surface area contributed by atoms with Crippen LogP contribution in [0.4, 0.5) is 0 Å². The minimum atomic E-state index is -1.17. The second kappa shape index (κ2) is 11.0. The van der Waals surface area contributed by atoms with Crippen LogP contribution < -0.4 is 21.7 Å². The number of nitrogens with one attached hydrogen (secondary N) is 3. The number of hydrogen-bond acceptors (Lipinski definition) is 9. The summed E-state index contributed by atoms with van der Waals surface area (Å²) in [6, 6.07) is -0.887. The van der Waals surface area contributed by atoms with Crippen molar-refractivity contribution in [3.63, 3.8) is 0 Å². The monoisotopic (exact) mass is 467 g/mol. The van der Waals surface area contributed by atoms with Gasteiger partial charge in [0, 0.05) is 13.2 Å². The number of nitrogens with two attached hydrogens (primary N) is 1. The van der Waals surface area contributed by atoms with E-state index >= 15 is 0 Å². The summed E-state index contributed by atoms with van der Waals surface area (Å²) in [5.74, 6) is -3.39. The summed E-state index contributed by atoms with van der Waals surface area (Å²) < 4.78 is 14.8. The molecule has 33 heavy (non-hydrogen) atoms. The Bertz CT molecular complexity index is 908. The van der Waals surface area contributed by atoms with Gasteiger partial charge in [0.2, 0.25) is 17.6 Å². The van der Waals surface area contributed by atoms with E-state index < -0.39 is 47.9 Å². The SMILES string of the molecule is COC[C@H](NC(=O)c1cc(C(N)=O)on1)C(=O)NCC(=O)N[C@@H](CC(C)C)C(=O)[C@@]1(C)CO1. The van der Waals surface area contributed by atoms with Crippen molar-refractivity contribution in [1.29, 1.82) is 0 Å². The maximum atomic E-state index is 12.6. The third kappa shape index (κ3) is 7.36. The number of epoxide rings is 1. The van der Waals surface area contributed by atoms with Gasteiger partial charge in [-0.15, -0.1) is 0 Å². The van der Waals surface area contributed by atoms with Crippen LogP contribution >= 0.6 is 0 Å². The number of carbonyl (C=O) groups is 5. The summed E-state index contributed by atoms with van der Waals surface area (Å²) in [5.41, 5.74) is 3.89. The molecule has 1 aromatic heterocycles. The average molecular weight is 467 g/mol. The molecule has 0 bridgehead atoms. The number of carbonyl (C=O) groups excluding carboxylic acids is 5. The summed E-state index contributed by atoms with van der Waals surface area (Å²) in [4.78, 5) is 60.8. The van der Waals surface area contributed by atoms with Crippen LogP contribution in [0.3, 0.4) is 0 Å². The van der Waals surface area contributed by atoms with E-state index in [4.69, 9.17) is 15.2 Å². The van der Waals surface area contributed by atoms with Crippen LogP contribution in [0.15, 0.2) is 10.6 Å². The maximum Gasteiger partial charge on any atom is 0.287 e. The molecule has 4 amide bonds. The topological polar surface area (TPSA) is 195 Å². The van der Waals surface area contributed by atoms with Crippen molar-refractivity contribution in [2.24, 2.45) is 11.7 Å². The number of amides is 4. The highest BCUT2D eigenvalue weighted by Crippen LogP contribution is 2.29. The quantitative estimate of drug-likeness (QED) is 0.250. The lowest BCUT2D eigenvalue weighted by molar-refractivity contribution is -0.131. The Morgan fingerprint density at radius 2 is 1.88 bits per heavy atom. The van der Waals surface area contributed by atoms with Crippen molar-refractivity contribution in [1.82, 2.24) is 21.1 Å². The summed E-state index contributed by atoms with van der Waals surface area (Å²) in [6.07, 6.45) is 0.421. The maximum absolute atomic E-state index is 12.6. The van der Waals surface area contributed by atoms with Gasteiger partial charge in [-0.2, -0.15) is 0 Å². The van der Waals surface area contributed by atoms with Crippen molar-refractivity contribution in [3.8, 4) is 0 Å². The molecule has 2 rings (SSSR count). The van der Waals surface area contributed by atoms with E-state index in [0.717, 1.165) is 6.07 Å². The van der Waals surface area contributed by atoms with E-state index in [9.17, 15) is 24.0 Å². The fourth-order valence-electron chi connectivity index (χ4n) is 2.94. The molecule has 2 heterocycles. The average Bonchev–Trinajstić information content (AvgIpc) is 3.29. The molecule has 5 N–H and O–H groups in total. The second-order valence-electron chi connectivity index (χ2n) is 8.27. The first-order valence-corrected chi connectivity index (χ1v) is 10.3. The molecule has 13 nitrogen and oxygen atoms in total. The highest BCUT2D eigenvalue weighted by atomic mass is 16.6. The number of ether oxygens (including phenoxy) is 2. The minimum absolute atomic E-state index is 0.143. The number of ketones is 1. The zero-order valence-electron chi connectivity index (χ0n) is 18.9. The van der Waals surface area contributed by atoms with Crippen LogP contribution in [0, 0.1) is 5.92 Å². The summed E-state index contributed by atoms with van der Waals surface area (Å²) in [5, 5.41) is 10.8. The number of aromatic nitrogens is 1. The zero-order valence-corrected chi connectivity index (χ0v) is 18.9. The molecule has 13 heteroatoms. The van der Waals surface area contributed by atoms with Gasteiger partial charge in [0.05, 0.1) is 25.8 Å². The largest absolute Gasteiger partial charge is 0.382 e. The number of Topliss-reactive ketones (excluding diaryl/α,β-unsaturated/α-hetero) is 1. The molecule has 1 aromatic rings. The van der Waals surface area contributed by atoms with E-state index in [2.05, 4.69) is 25.6 Å². The van der Waals surface area contributed by atoms with E-state index in [1.807, 2.05) is 13.8 Å². The molecule has 3 atom stereocenters. The van der Waals surface area contributed by atoms with Gasteiger partial charge in [-0.25, -0.2) is 0 Å². The molecule has 0 spiro atoms. The fourth-order valence-corrected chi connectivity index (χ4v) is 2.94. The van der Waals surface area contributed by atoms with Crippen molar-refractivity contribution < 1.29 is 38.0 Å². The third-order valence-corrected chi connectivity index (χ3v) is 4.82. The molecule has 1 fully saturated rings. The van der Waals surface area contributed by atoms with Gasteiger partial charge in [-0.05, 0) is 19.3 Å². The van der Waals surface area contributed by atoms with Crippen LogP contribution in [-0.2, 0) is 23.9 Å². The molecular weight excluding hydrogens is 438 g/mol. The van der Waals surface area contributed by atoms with E-state index in [1.54, 1.807) is 6.92 Å². The predicted octanol–water partition coefficient (Wildman–Crippen LogP) is -1.48. The van der Waals surface area contributed by atoms with Crippen LogP contribution in [0.1, 0.15) is 48.2 Å². The third-order valence-electron chi connectivity index (χ3n) is 4.82. The number of hydrogen-bond donors (Lipinski definition) is 4. The van der Waals surface area contributed by atoms with Crippen molar-refractivity contribution in [2.75, 3.05) is 26.9 Å². The molecule has 1 aliphatic heterocycles. The standard InChI is InChI=1S/C20H29N5O8/c1-10(2)5-11(16(27)20(3)9-32-20)23-15(26)7-22-18(29)13(8-31-4)24-19(30)12-6-14(17(21)28)33-25-12/h6,10-11,13H,5,7-9H2,1-4H3,(H2,21,28)(H,22,29)(H,23,26)(H,24,30)/t11-,13-,20+/m0/s1. The van der Waals surface area contributed by atoms with Gasteiger partial charge in [-0.1, -0.05) is 19.0 Å². The minimum Gasteiger partial charge on any atom is -0.382 e. The van der Waals surface area contributed by atoms with Crippen LogP contribution in [0.5, 0.6) is 0 Å². The normalized spacial score (nSPS) is 18.8. The van der Waals surface area contributed by atoms with Crippen molar-refractivity contribution in [2.45, 2.75) is 44.9 Å². The van der Waals surface area contributed by atoms with Crippen molar-refractivity contribution in [3.05, 3.63) is 17.5 Å². The Morgan fingerprint density at radius 1 is 1.21 bits per heavy atom. The Hall–Kier alpha value is -3.32. The van der Waals surface area contributed by atoms with E-state index in [-0.39, 0.29) is 29.8 Å². The number of methoxy groups -OCH3 is 1. The molecule has 0 aromatic carbocycles. The molecular formula is C20H29N5O8. The summed E-state index contributed by atoms with van der Waals surface area (Å²) in [6.45, 7) is 5.18. The van der Waals surface area contributed by atoms with Gasteiger partial charge >= 0.3 is 0 Å². The molecule has 0 aliphatic carbocycles. The zero-order chi connectivity index (χ0) is 24.8. The van der Waals surface area contributed by atoms with Crippen LogP contribution in [0.25, 0.3) is 0 Å². The number of primary amides is 1. The Balaban J connectivity index is 1.92. The lowest BCUT2D eigenvalue weighted by Gasteiger charge is -2.22. The summed E-state index contributed by atoms with van der Waals surface area (Å²) in [7, 11) is 1.32. The van der Waals surface area contributed by atoms with Crippen LogP contribution in [-0.4, -0.2) is 79.1 Å². The Labute approximate surface area is 190 Å². The highest BCUT2D eigenvalue weighted by Gasteiger charge is 2.50. The lowest BCUT2D eigenvalue weighted by Crippen LogP contribution is -2.53. The van der Waals surface area contributed by atoms with E-state index in [0.29, 0.717) is 13.0 Å².